The fourth-order valence-corrected chi connectivity index (χ4v) is 1.20. The van der Waals surface area contributed by atoms with Gasteiger partial charge in [-0.2, -0.15) is 0 Å². The zero-order valence-corrected chi connectivity index (χ0v) is 8.40. The van der Waals surface area contributed by atoms with Gasteiger partial charge in [-0.15, -0.1) is 0 Å². The van der Waals surface area contributed by atoms with E-state index in [0.29, 0.717) is 0 Å². The van der Waals surface area contributed by atoms with Crippen LogP contribution in [-0.2, 0) is 0 Å². The fraction of sp³-hybridized carbons (Fsp3) is 0.600. The van der Waals surface area contributed by atoms with Gasteiger partial charge in [0.15, 0.2) is 0 Å². The molecule has 0 radical (unpaired) electrons. The summed E-state index contributed by atoms with van der Waals surface area (Å²) >= 11 is 0. The first kappa shape index (κ1) is 9.96. The minimum Gasteiger partial charge on any atom is -0.358 e. The summed E-state index contributed by atoms with van der Waals surface area (Å²) in [4.78, 5) is 10.4. The highest BCUT2D eigenvalue weighted by atomic mass is 15.2. The summed E-state index contributed by atoms with van der Waals surface area (Å²) in [7, 11) is 2.06. The first-order chi connectivity index (χ1) is 6.34. The Bertz CT molecular complexity index is 223. The Labute approximate surface area is 79.8 Å². The maximum absolute atomic E-state index is 4.22. The van der Waals surface area contributed by atoms with Gasteiger partial charge in [-0.05, 0) is 6.42 Å². The monoisotopic (exact) mass is 179 g/mol. The summed E-state index contributed by atoms with van der Waals surface area (Å²) in [5.74, 6) is 0.957. The van der Waals surface area contributed by atoms with Gasteiger partial charge in [0.2, 0.25) is 0 Å². The van der Waals surface area contributed by atoms with E-state index in [-0.39, 0.29) is 0 Å². The molecule has 3 nitrogen and oxygen atoms in total. The molecule has 0 fully saturated rings. The number of hydrogen-bond acceptors (Lipinski definition) is 3. The number of aromatic nitrogens is 2. The lowest BCUT2D eigenvalue weighted by atomic mass is 10.2. The summed E-state index contributed by atoms with van der Waals surface area (Å²) in [5, 5.41) is 0. The van der Waals surface area contributed by atoms with Crippen LogP contribution >= 0.6 is 0 Å². The molecule has 1 aromatic rings. The molecule has 0 N–H and O–H groups in total. The van der Waals surface area contributed by atoms with Crippen molar-refractivity contribution in [2.75, 3.05) is 18.5 Å². The van der Waals surface area contributed by atoms with E-state index in [4.69, 9.17) is 0 Å². The molecule has 13 heavy (non-hydrogen) atoms. The number of unbranched alkanes of at least 4 members (excludes halogenated alkanes) is 2. The molecule has 1 aromatic heterocycles. The highest BCUT2D eigenvalue weighted by Gasteiger charge is 1.99. The SMILES string of the molecule is CCCCCN(C)c1cnccn1. The largest absolute Gasteiger partial charge is 0.358 e. The van der Waals surface area contributed by atoms with Crippen molar-refractivity contribution in [2.24, 2.45) is 0 Å². The van der Waals surface area contributed by atoms with E-state index in [2.05, 4.69) is 28.8 Å². The van der Waals surface area contributed by atoms with Gasteiger partial charge >= 0.3 is 0 Å². The zero-order valence-electron chi connectivity index (χ0n) is 8.40. The Morgan fingerprint density at radius 1 is 1.31 bits per heavy atom. The van der Waals surface area contributed by atoms with Gasteiger partial charge in [-0.1, -0.05) is 19.8 Å². The molecule has 0 unspecified atom stereocenters. The predicted octanol–water partition coefficient (Wildman–Crippen LogP) is 2.10. The maximum atomic E-state index is 4.22. The van der Waals surface area contributed by atoms with Crippen molar-refractivity contribution < 1.29 is 0 Å². The van der Waals surface area contributed by atoms with E-state index >= 15 is 0 Å². The van der Waals surface area contributed by atoms with E-state index in [1.165, 1.54) is 19.3 Å². The Morgan fingerprint density at radius 3 is 2.77 bits per heavy atom. The van der Waals surface area contributed by atoms with Crippen LogP contribution in [0.3, 0.4) is 0 Å². The molecular formula is C10H17N3. The second-order valence-corrected chi connectivity index (χ2v) is 3.19. The second-order valence-electron chi connectivity index (χ2n) is 3.19. The minimum absolute atomic E-state index is 0.957. The van der Waals surface area contributed by atoms with Gasteiger partial charge in [-0.3, -0.25) is 4.98 Å². The number of nitrogens with zero attached hydrogens (tertiary/aromatic N) is 3. The van der Waals surface area contributed by atoms with E-state index in [0.717, 1.165) is 12.4 Å². The molecule has 0 atom stereocenters. The molecule has 0 amide bonds. The molecule has 0 aliphatic carbocycles. The first-order valence-electron chi connectivity index (χ1n) is 4.81. The molecular weight excluding hydrogens is 162 g/mol. The third-order valence-electron chi connectivity index (χ3n) is 2.04. The van der Waals surface area contributed by atoms with Crippen molar-refractivity contribution in [2.45, 2.75) is 26.2 Å². The Kier molecular flexibility index (Phi) is 4.23. The van der Waals surface area contributed by atoms with Gasteiger partial charge in [0, 0.05) is 26.0 Å². The predicted molar refractivity (Wildman–Crippen MR) is 54.8 cm³/mol. The van der Waals surface area contributed by atoms with Crippen LogP contribution in [0.25, 0.3) is 0 Å². The van der Waals surface area contributed by atoms with Crippen LogP contribution in [0.2, 0.25) is 0 Å². The topological polar surface area (TPSA) is 29.0 Å². The molecule has 0 aromatic carbocycles. The summed E-state index contributed by atoms with van der Waals surface area (Å²) in [5.41, 5.74) is 0. The van der Waals surface area contributed by atoms with Gasteiger partial charge in [0.05, 0.1) is 6.20 Å². The molecule has 1 heterocycles. The van der Waals surface area contributed by atoms with Crippen LogP contribution in [0.15, 0.2) is 18.6 Å². The molecule has 0 aliphatic heterocycles. The maximum Gasteiger partial charge on any atom is 0.146 e. The van der Waals surface area contributed by atoms with E-state index in [1.54, 1.807) is 18.6 Å². The quantitative estimate of drug-likeness (QED) is 0.648. The smallest absolute Gasteiger partial charge is 0.146 e. The van der Waals surface area contributed by atoms with Crippen LogP contribution in [0, 0.1) is 0 Å². The molecule has 3 heteroatoms. The standard InChI is InChI=1S/C10H17N3/c1-3-4-5-8-13(2)10-9-11-6-7-12-10/h6-7,9H,3-5,8H2,1-2H3. The second kappa shape index (κ2) is 5.51. The average Bonchev–Trinajstić information content (AvgIpc) is 2.19. The number of hydrogen-bond donors (Lipinski definition) is 0. The molecule has 0 bridgehead atoms. The molecule has 0 aliphatic rings. The van der Waals surface area contributed by atoms with Gasteiger partial charge in [0.1, 0.15) is 5.82 Å². The summed E-state index contributed by atoms with van der Waals surface area (Å²) < 4.78 is 0. The highest BCUT2D eigenvalue weighted by molar-refractivity contribution is 5.33. The van der Waals surface area contributed by atoms with Gasteiger partial charge < -0.3 is 4.90 Å². The first-order valence-corrected chi connectivity index (χ1v) is 4.81. The third kappa shape index (κ3) is 3.40. The molecule has 0 saturated heterocycles. The number of anilines is 1. The lowest BCUT2D eigenvalue weighted by molar-refractivity contribution is 0.700. The normalized spacial score (nSPS) is 10.0. The summed E-state index contributed by atoms with van der Waals surface area (Å²) in [6, 6.07) is 0. The molecule has 1 rings (SSSR count). The van der Waals surface area contributed by atoms with Crippen LogP contribution in [0.1, 0.15) is 26.2 Å². The van der Waals surface area contributed by atoms with E-state index in [9.17, 15) is 0 Å². The van der Waals surface area contributed by atoms with Crippen molar-refractivity contribution in [1.82, 2.24) is 9.97 Å². The summed E-state index contributed by atoms with van der Waals surface area (Å²) in [6.07, 6.45) is 8.99. The number of rotatable bonds is 5. The lowest BCUT2D eigenvalue weighted by Gasteiger charge is -2.16. The van der Waals surface area contributed by atoms with Crippen molar-refractivity contribution >= 4 is 5.82 Å². The third-order valence-corrected chi connectivity index (χ3v) is 2.04. The van der Waals surface area contributed by atoms with Crippen LogP contribution in [-0.4, -0.2) is 23.6 Å². The van der Waals surface area contributed by atoms with Crippen molar-refractivity contribution in [1.29, 1.82) is 0 Å². The van der Waals surface area contributed by atoms with Crippen molar-refractivity contribution in [3.05, 3.63) is 18.6 Å². The van der Waals surface area contributed by atoms with Crippen molar-refractivity contribution in [3.8, 4) is 0 Å². The highest BCUT2D eigenvalue weighted by Crippen LogP contribution is 2.06. The lowest BCUT2D eigenvalue weighted by Crippen LogP contribution is -2.19. The van der Waals surface area contributed by atoms with E-state index < -0.39 is 0 Å². The fourth-order valence-electron chi connectivity index (χ4n) is 1.20. The Balaban J connectivity index is 2.35. The molecule has 0 saturated carbocycles. The average molecular weight is 179 g/mol. The molecule has 0 spiro atoms. The zero-order chi connectivity index (χ0) is 9.52. The van der Waals surface area contributed by atoms with Gasteiger partial charge in [0.25, 0.3) is 0 Å². The summed E-state index contributed by atoms with van der Waals surface area (Å²) in [6.45, 7) is 3.27. The Hall–Kier alpha value is -1.12. The van der Waals surface area contributed by atoms with E-state index in [1.807, 2.05) is 0 Å². The van der Waals surface area contributed by atoms with Crippen LogP contribution in [0.5, 0.6) is 0 Å². The van der Waals surface area contributed by atoms with Gasteiger partial charge in [-0.25, -0.2) is 4.98 Å². The minimum atomic E-state index is 0.957. The molecule has 72 valence electrons. The van der Waals surface area contributed by atoms with Crippen molar-refractivity contribution in [3.63, 3.8) is 0 Å². The van der Waals surface area contributed by atoms with Crippen LogP contribution in [0.4, 0.5) is 5.82 Å². The Morgan fingerprint density at radius 2 is 2.15 bits per heavy atom. The van der Waals surface area contributed by atoms with Crippen LogP contribution < -0.4 is 4.90 Å².